The number of sulfone groups is 1. The Hall–Kier alpha value is -2.42. The Kier molecular flexibility index (Phi) is 6.90. The molecule has 0 saturated heterocycles. The second-order valence-electron chi connectivity index (χ2n) is 5.37. The molecule has 0 aliphatic heterocycles. The number of rotatable bonds is 7. The monoisotopic (exact) mass is 356 g/mol. The lowest BCUT2D eigenvalue weighted by molar-refractivity contribution is -0.128. The summed E-state index contributed by atoms with van der Waals surface area (Å²) in [6.45, 7) is 2.83. The average Bonchev–Trinajstić information content (AvgIpc) is 2.49. The normalized spacial score (nSPS) is 11.0. The Balaban J connectivity index is 2.45. The molecule has 0 atom stereocenters. The van der Waals surface area contributed by atoms with E-state index in [0.29, 0.717) is 0 Å². The SMILES string of the molecule is CC(C)NC(=O)CNC(=O)COC(=O)c1ccc(S(C)(=O)=O)cc1. The second kappa shape index (κ2) is 8.44. The van der Waals surface area contributed by atoms with Gasteiger partial charge in [-0.25, -0.2) is 13.2 Å². The summed E-state index contributed by atoms with van der Waals surface area (Å²) in [7, 11) is -3.35. The van der Waals surface area contributed by atoms with Gasteiger partial charge in [0.25, 0.3) is 5.91 Å². The minimum Gasteiger partial charge on any atom is -0.452 e. The molecule has 0 fully saturated rings. The van der Waals surface area contributed by atoms with Gasteiger partial charge in [0.15, 0.2) is 16.4 Å². The standard InChI is InChI=1S/C15H20N2O6S/c1-10(2)17-13(18)8-16-14(19)9-23-15(20)11-4-6-12(7-5-11)24(3,21)22/h4-7,10H,8-9H2,1-3H3,(H,16,19)(H,17,18). The minimum atomic E-state index is -3.35. The molecule has 0 heterocycles. The van der Waals surface area contributed by atoms with Crippen molar-refractivity contribution in [3.63, 3.8) is 0 Å². The molecule has 0 saturated carbocycles. The van der Waals surface area contributed by atoms with Gasteiger partial charge in [0, 0.05) is 12.3 Å². The molecule has 2 amide bonds. The first kappa shape index (κ1) is 19.6. The third-order valence-corrected chi connectivity index (χ3v) is 3.88. The molecule has 1 aromatic rings. The van der Waals surface area contributed by atoms with Gasteiger partial charge in [0.1, 0.15) is 0 Å². The number of nitrogens with one attached hydrogen (secondary N) is 2. The van der Waals surface area contributed by atoms with E-state index in [2.05, 4.69) is 10.6 Å². The minimum absolute atomic E-state index is 0.0397. The second-order valence-corrected chi connectivity index (χ2v) is 7.39. The third-order valence-electron chi connectivity index (χ3n) is 2.75. The maximum atomic E-state index is 11.8. The van der Waals surface area contributed by atoms with Gasteiger partial charge < -0.3 is 15.4 Å². The predicted octanol–water partition coefficient (Wildman–Crippen LogP) is -0.112. The quantitative estimate of drug-likeness (QED) is 0.658. The molecule has 8 nitrogen and oxygen atoms in total. The Labute approximate surface area is 140 Å². The van der Waals surface area contributed by atoms with Crippen LogP contribution in [0.2, 0.25) is 0 Å². The number of esters is 1. The summed E-state index contributed by atoms with van der Waals surface area (Å²) in [5.41, 5.74) is 0.118. The lowest BCUT2D eigenvalue weighted by atomic mass is 10.2. The fourth-order valence-corrected chi connectivity index (χ4v) is 2.29. The lowest BCUT2D eigenvalue weighted by Crippen LogP contribution is -2.41. The van der Waals surface area contributed by atoms with Crippen molar-refractivity contribution in [3.8, 4) is 0 Å². The van der Waals surface area contributed by atoms with Gasteiger partial charge >= 0.3 is 5.97 Å². The summed E-state index contributed by atoms with van der Waals surface area (Å²) >= 11 is 0. The molecule has 0 aliphatic carbocycles. The molecule has 2 N–H and O–H groups in total. The van der Waals surface area contributed by atoms with Gasteiger partial charge in [-0.05, 0) is 38.1 Å². The lowest BCUT2D eigenvalue weighted by Gasteiger charge is -2.09. The Bertz CT molecular complexity index is 710. The van der Waals surface area contributed by atoms with Gasteiger partial charge in [-0.3, -0.25) is 9.59 Å². The van der Waals surface area contributed by atoms with Crippen molar-refractivity contribution in [2.45, 2.75) is 24.8 Å². The molecule has 0 bridgehead atoms. The zero-order valence-corrected chi connectivity index (χ0v) is 14.5. The van der Waals surface area contributed by atoms with Crippen molar-refractivity contribution in [2.75, 3.05) is 19.4 Å². The Morgan fingerprint density at radius 1 is 1.08 bits per heavy atom. The van der Waals surface area contributed by atoms with Crippen LogP contribution in [0.15, 0.2) is 29.2 Å². The molecule has 0 aliphatic rings. The highest BCUT2D eigenvalue weighted by molar-refractivity contribution is 7.90. The van der Waals surface area contributed by atoms with E-state index < -0.39 is 28.3 Å². The van der Waals surface area contributed by atoms with Crippen molar-refractivity contribution in [3.05, 3.63) is 29.8 Å². The topological polar surface area (TPSA) is 119 Å². The Morgan fingerprint density at radius 2 is 1.67 bits per heavy atom. The number of hydrogen-bond donors (Lipinski definition) is 2. The van der Waals surface area contributed by atoms with E-state index in [-0.39, 0.29) is 29.0 Å². The number of carbonyl (C=O) groups is 3. The van der Waals surface area contributed by atoms with E-state index in [1.54, 1.807) is 13.8 Å². The number of carbonyl (C=O) groups excluding carboxylic acids is 3. The van der Waals surface area contributed by atoms with Gasteiger partial charge in [-0.1, -0.05) is 0 Å². The molecule has 24 heavy (non-hydrogen) atoms. The van der Waals surface area contributed by atoms with Crippen LogP contribution in [0, 0.1) is 0 Å². The van der Waals surface area contributed by atoms with E-state index in [9.17, 15) is 22.8 Å². The fourth-order valence-electron chi connectivity index (χ4n) is 1.66. The van der Waals surface area contributed by atoms with Crippen molar-refractivity contribution < 1.29 is 27.5 Å². The van der Waals surface area contributed by atoms with Crippen molar-refractivity contribution in [1.29, 1.82) is 0 Å². The van der Waals surface area contributed by atoms with Gasteiger partial charge in [-0.15, -0.1) is 0 Å². The molecule has 132 valence electrons. The highest BCUT2D eigenvalue weighted by atomic mass is 32.2. The number of hydrogen-bond acceptors (Lipinski definition) is 6. The van der Waals surface area contributed by atoms with Gasteiger partial charge in [-0.2, -0.15) is 0 Å². The van der Waals surface area contributed by atoms with Crippen LogP contribution in [-0.4, -0.2) is 51.7 Å². The molecule has 1 aromatic carbocycles. The summed E-state index contributed by atoms with van der Waals surface area (Å²) in [5, 5.41) is 4.91. The van der Waals surface area contributed by atoms with Crippen LogP contribution in [0.1, 0.15) is 24.2 Å². The third kappa shape index (κ3) is 6.78. The van der Waals surface area contributed by atoms with Crippen LogP contribution >= 0.6 is 0 Å². The van der Waals surface area contributed by atoms with Crippen molar-refractivity contribution in [1.82, 2.24) is 10.6 Å². The summed E-state index contributed by atoms with van der Waals surface area (Å²) in [6, 6.07) is 5.12. The fraction of sp³-hybridized carbons (Fsp3) is 0.400. The van der Waals surface area contributed by atoms with E-state index in [1.807, 2.05) is 0 Å². The number of benzene rings is 1. The summed E-state index contributed by atoms with van der Waals surface area (Å²) in [5.74, 6) is -1.73. The number of amides is 2. The molecule has 1 rings (SSSR count). The van der Waals surface area contributed by atoms with Crippen LogP contribution in [0.25, 0.3) is 0 Å². The van der Waals surface area contributed by atoms with Crippen LogP contribution in [0.4, 0.5) is 0 Å². The Morgan fingerprint density at radius 3 is 2.17 bits per heavy atom. The van der Waals surface area contributed by atoms with Crippen LogP contribution in [-0.2, 0) is 24.2 Å². The molecule has 0 radical (unpaired) electrons. The van der Waals surface area contributed by atoms with Gasteiger partial charge in [0.05, 0.1) is 17.0 Å². The maximum Gasteiger partial charge on any atom is 0.338 e. The highest BCUT2D eigenvalue weighted by Crippen LogP contribution is 2.11. The van der Waals surface area contributed by atoms with Crippen LogP contribution < -0.4 is 10.6 Å². The largest absolute Gasteiger partial charge is 0.452 e. The zero-order chi connectivity index (χ0) is 18.3. The summed E-state index contributed by atoms with van der Waals surface area (Å²) in [6.07, 6.45) is 1.06. The first-order chi connectivity index (χ1) is 11.1. The van der Waals surface area contributed by atoms with Crippen molar-refractivity contribution in [2.24, 2.45) is 0 Å². The molecule has 9 heteroatoms. The van der Waals surface area contributed by atoms with Crippen molar-refractivity contribution >= 4 is 27.6 Å². The van der Waals surface area contributed by atoms with Crippen LogP contribution in [0.5, 0.6) is 0 Å². The molecule has 0 aromatic heterocycles. The smallest absolute Gasteiger partial charge is 0.338 e. The average molecular weight is 356 g/mol. The van der Waals surface area contributed by atoms with E-state index in [0.717, 1.165) is 6.26 Å². The highest BCUT2D eigenvalue weighted by Gasteiger charge is 2.13. The first-order valence-corrected chi connectivity index (χ1v) is 9.02. The molecular weight excluding hydrogens is 336 g/mol. The van der Waals surface area contributed by atoms with E-state index in [1.165, 1.54) is 24.3 Å². The molecule has 0 unspecified atom stereocenters. The zero-order valence-electron chi connectivity index (χ0n) is 13.7. The van der Waals surface area contributed by atoms with Gasteiger partial charge in [0.2, 0.25) is 5.91 Å². The summed E-state index contributed by atoms with van der Waals surface area (Å²) in [4.78, 5) is 34.7. The predicted molar refractivity (Wildman–Crippen MR) is 86.1 cm³/mol. The van der Waals surface area contributed by atoms with E-state index >= 15 is 0 Å². The summed E-state index contributed by atoms with van der Waals surface area (Å²) < 4.78 is 27.4. The number of ether oxygens (including phenoxy) is 1. The molecule has 0 spiro atoms. The maximum absolute atomic E-state index is 11.8. The van der Waals surface area contributed by atoms with Crippen LogP contribution in [0.3, 0.4) is 0 Å². The first-order valence-electron chi connectivity index (χ1n) is 7.13. The van der Waals surface area contributed by atoms with E-state index in [4.69, 9.17) is 4.74 Å². The molecular formula is C15H20N2O6S.